The molecule has 0 saturated carbocycles. The minimum Gasteiger partial charge on any atom is -0.387 e. The van der Waals surface area contributed by atoms with Gasteiger partial charge in [-0.05, 0) is 32.9 Å². The van der Waals surface area contributed by atoms with Gasteiger partial charge in [-0.15, -0.1) is 0 Å². The van der Waals surface area contributed by atoms with Crippen molar-refractivity contribution in [3.63, 3.8) is 0 Å². The Balaban J connectivity index is 1.75. The van der Waals surface area contributed by atoms with Crippen LogP contribution in [0, 0.1) is 0 Å². The van der Waals surface area contributed by atoms with Gasteiger partial charge >= 0.3 is 0 Å². The summed E-state index contributed by atoms with van der Waals surface area (Å²) in [5.41, 5.74) is -0.342. The second-order valence-electron chi connectivity index (χ2n) is 5.70. The van der Waals surface area contributed by atoms with Crippen LogP contribution in [0.1, 0.15) is 20.8 Å². The van der Waals surface area contributed by atoms with E-state index in [1.165, 1.54) is 11.8 Å². The molecule has 3 rings (SSSR count). The zero-order chi connectivity index (χ0) is 14.3. The Morgan fingerprint density at radius 3 is 2.45 bits per heavy atom. The van der Waals surface area contributed by atoms with Crippen LogP contribution in [0.5, 0.6) is 0 Å². The molecule has 0 radical (unpaired) electrons. The minimum absolute atomic E-state index is 0.105. The Labute approximate surface area is 123 Å². The number of aliphatic hydroxyl groups is 1. The van der Waals surface area contributed by atoms with Gasteiger partial charge in [-0.2, -0.15) is 0 Å². The summed E-state index contributed by atoms with van der Waals surface area (Å²) < 4.78 is 17.6. The lowest BCUT2D eigenvalue weighted by Gasteiger charge is -2.38. The van der Waals surface area contributed by atoms with Crippen molar-refractivity contribution in [2.24, 2.45) is 0 Å². The molecule has 0 aliphatic carbocycles. The molecule has 0 unspecified atom stereocenters. The number of benzene rings is 1. The molecule has 20 heavy (non-hydrogen) atoms. The lowest BCUT2D eigenvalue weighted by Crippen LogP contribution is -2.54. The van der Waals surface area contributed by atoms with E-state index >= 15 is 0 Å². The molecule has 2 saturated heterocycles. The van der Waals surface area contributed by atoms with Crippen molar-refractivity contribution in [3.8, 4) is 0 Å². The summed E-state index contributed by atoms with van der Waals surface area (Å²) in [6.45, 7) is 5.70. The highest BCUT2D eigenvalue weighted by atomic mass is 32.2. The normalized spacial score (nSPS) is 39.5. The van der Waals surface area contributed by atoms with Gasteiger partial charge in [-0.3, -0.25) is 0 Å². The molecule has 5 heteroatoms. The van der Waals surface area contributed by atoms with E-state index in [0.717, 1.165) is 4.90 Å². The van der Waals surface area contributed by atoms with E-state index in [9.17, 15) is 5.11 Å². The van der Waals surface area contributed by atoms with Gasteiger partial charge in [0.25, 0.3) is 0 Å². The van der Waals surface area contributed by atoms with Gasteiger partial charge < -0.3 is 19.3 Å². The van der Waals surface area contributed by atoms with Gasteiger partial charge in [-0.1, -0.05) is 30.0 Å². The van der Waals surface area contributed by atoms with Gasteiger partial charge in [0.2, 0.25) is 0 Å². The first-order valence-corrected chi connectivity index (χ1v) is 7.75. The first-order valence-electron chi connectivity index (χ1n) is 6.87. The Morgan fingerprint density at radius 1 is 1.10 bits per heavy atom. The second kappa shape index (κ2) is 5.31. The van der Waals surface area contributed by atoms with Gasteiger partial charge in [0.15, 0.2) is 5.79 Å². The molecule has 0 spiro atoms. The quantitative estimate of drug-likeness (QED) is 0.908. The summed E-state index contributed by atoms with van der Waals surface area (Å²) in [7, 11) is 0. The summed E-state index contributed by atoms with van der Waals surface area (Å²) in [6.07, 6.45) is -1.36. The molecule has 2 heterocycles. The van der Waals surface area contributed by atoms with Crippen LogP contribution in [0.15, 0.2) is 35.2 Å². The Bertz CT molecular complexity index is 464. The molecule has 1 aromatic rings. The lowest BCUT2D eigenvalue weighted by molar-refractivity contribution is -0.153. The predicted octanol–water partition coefficient (Wildman–Crippen LogP) is 2.40. The van der Waals surface area contributed by atoms with Crippen molar-refractivity contribution in [2.45, 2.75) is 61.3 Å². The highest BCUT2D eigenvalue weighted by Gasteiger charge is 2.53. The molecule has 4 nitrogen and oxygen atoms in total. The van der Waals surface area contributed by atoms with Crippen LogP contribution in [0.3, 0.4) is 0 Å². The van der Waals surface area contributed by atoms with Gasteiger partial charge in [-0.25, -0.2) is 0 Å². The van der Waals surface area contributed by atoms with Gasteiger partial charge in [0.1, 0.15) is 23.7 Å². The van der Waals surface area contributed by atoms with Crippen molar-refractivity contribution >= 4 is 11.8 Å². The van der Waals surface area contributed by atoms with E-state index in [-0.39, 0.29) is 23.7 Å². The van der Waals surface area contributed by atoms with E-state index in [1.807, 2.05) is 51.1 Å². The maximum Gasteiger partial charge on any atom is 0.164 e. The summed E-state index contributed by atoms with van der Waals surface area (Å²) in [5, 5.41) is 10.5. The summed E-state index contributed by atoms with van der Waals surface area (Å²) >= 11 is 1.52. The Morgan fingerprint density at radius 2 is 1.75 bits per heavy atom. The molecule has 5 atom stereocenters. The monoisotopic (exact) mass is 296 g/mol. The Hall–Kier alpha value is -0.590. The fourth-order valence-electron chi connectivity index (χ4n) is 2.70. The number of aliphatic hydroxyl groups excluding tert-OH is 1. The highest BCUT2D eigenvalue weighted by molar-refractivity contribution is 7.99. The van der Waals surface area contributed by atoms with Crippen molar-refractivity contribution in [1.82, 2.24) is 0 Å². The van der Waals surface area contributed by atoms with E-state index in [4.69, 9.17) is 14.2 Å². The first kappa shape index (κ1) is 14.4. The summed E-state index contributed by atoms with van der Waals surface area (Å²) in [5.74, 6) is -0.666. The van der Waals surface area contributed by atoms with Crippen molar-refractivity contribution in [2.75, 3.05) is 0 Å². The van der Waals surface area contributed by atoms with Crippen LogP contribution in [0.4, 0.5) is 0 Å². The lowest BCUT2D eigenvalue weighted by atomic mass is 10.0. The number of hydrogen-bond acceptors (Lipinski definition) is 5. The molecule has 110 valence electrons. The second-order valence-corrected chi connectivity index (χ2v) is 6.87. The van der Waals surface area contributed by atoms with Crippen LogP contribution in [0.2, 0.25) is 0 Å². The van der Waals surface area contributed by atoms with Gasteiger partial charge in [0, 0.05) is 4.90 Å². The molecular formula is C15H20O4S. The smallest absolute Gasteiger partial charge is 0.164 e. The molecule has 1 aromatic carbocycles. The number of fused-ring (bicyclic) bond motifs is 1. The minimum atomic E-state index is -0.705. The molecule has 2 aliphatic rings. The fourth-order valence-corrected chi connectivity index (χ4v) is 3.81. The number of rotatable bonds is 2. The van der Waals surface area contributed by atoms with E-state index < -0.39 is 11.9 Å². The number of thioether (sulfide) groups is 1. The summed E-state index contributed by atoms with van der Waals surface area (Å²) in [4.78, 5) is 1.07. The largest absolute Gasteiger partial charge is 0.387 e. The number of hydrogen-bond donors (Lipinski definition) is 1. The molecular weight excluding hydrogens is 276 g/mol. The standard InChI is InChI=1S/C15H20O4S/c1-9-12-13(19-15(2,3)18-12)11(16)14(17-9)20-10-7-5-4-6-8-10/h4-9,11-14,16H,1-3H3/t9-,11-,12+,13-,14-/m0/s1. The van der Waals surface area contributed by atoms with Crippen LogP contribution in [-0.4, -0.2) is 40.7 Å². The van der Waals surface area contributed by atoms with Crippen molar-refractivity contribution in [3.05, 3.63) is 30.3 Å². The molecule has 2 fully saturated rings. The van der Waals surface area contributed by atoms with Crippen molar-refractivity contribution in [1.29, 1.82) is 0 Å². The van der Waals surface area contributed by atoms with E-state index in [2.05, 4.69) is 0 Å². The SMILES string of the molecule is C[C@@H]1O[C@@H](Sc2ccccc2)[C@@H](O)[C@@H]2OC(C)(C)O[C@@H]21. The molecule has 2 aliphatic heterocycles. The van der Waals surface area contributed by atoms with Crippen molar-refractivity contribution < 1.29 is 19.3 Å². The zero-order valence-electron chi connectivity index (χ0n) is 11.9. The third-order valence-electron chi connectivity index (χ3n) is 3.59. The first-order chi connectivity index (χ1) is 9.46. The maximum atomic E-state index is 10.5. The average molecular weight is 296 g/mol. The van der Waals surface area contributed by atoms with Gasteiger partial charge in [0.05, 0.1) is 6.10 Å². The topological polar surface area (TPSA) is 47.9 Å². The fraction of sp³-hybridized carbons (Fsp3) is 0.600. The van der Waals surface area contributed by atoms with E-state index in [0.29, 0.717) is 0 Å². The third kappa shape index (κ3) is 2.73. The predicted molar refractivity (Wildman–Crippen MR) is 76.5 cm³/mol. The summed E-state index contributed by atoms with van der Waals surface area (Å²) in [6, 6.07) is 9.93. The molecule has 0 aromatic heterocycles. The highest BCUT2D eigenvalue weighted by Crippen LogP contribution is 2.41. The van der Waals surface area contributed by atoms with Crippen LogP contribution in [-0.2, 0) is 14.2 Å². The zero-order valence-corrected chi connectivity index (χ0v) is 12.7. The van der Waals surface area contributed by atoms with Crippen LogP contribution < -0.4 is 0 Å². The van der Waals surface area contributed by atoms with Crippen LogP contribution in [0.25, 0.3) is 0 Å². The Kier molecular flexibility index (Phi) is 3.81. The maximum absolute atomic E-state index is 10.5. The van der Waals surface area contributed by atoms with E-state index in [1.54, 1.807) is 0 Å². The molecule has 0 bridgehead atoms. The van der Waals surface area contributed by atoms with Crippen LogP contribution >= 0.6 is 11.8 Å². The third-order valence-corrected chi connectivity index (χ3v) is 4.75. The average Bonchev–Trinajstić information content (AvgIpc) is 2.74. The molecule has 1 N–H and O–H groups in total. The number of ether oxygens (including phenoxy) is 3. The molecule has 0 amide bonds.